The maximum atomic E-state index is 9.72. The van der Waals surface area contributed by atoms with Crippen molar-refractivity contribution < 1.29 is 9.15 Å². The number of nitrogens with zero attached hydrogens (tertiary/aromatic N) is 4. The maximum Gasteiger partial charge on any atom is 0.133 e. The fourth-order valence-corrected chi connectivity index (χ4v) is 3.92. The topological polar surface area (TPSA) is 99.2 Å². The van der Waals surface area contributed by atoms with Crippen molar-refractivity contribution in [2.75, 3.05) is 50.0 Å². The third-order valence-electron chi connectivity index (χ3n) is 5.65. The summed E-state index contributed by atoms with van der Waals surface area (Å²) in [5.74, 6) is 1.54. The first-order chi connectivity index (χ1) is 16.3. The van der Waals surface area contributed by atoms with E-state index in [1.165, 1.54) is 0 Å². The van der Waals surface area contributed by atoms with E-state index >= 15 is 0 Å². The summed E-state index contributed by atoms with van der Waals surface area (Å²) < 4.78 is 10.9. The summed E-state index contributed by atoms with van der Waals surface area (Å²) in [5.41, 5.74) is 3.70. The second-order valence-electron chi connectivity index (χ2n) is 7.81. The minimum Gasteiger partial charge on any atom is -0.464 e. The zero-order valence-electron chi connectivity index (χ0n) is 18.1. The average molecular weight is 441 g/mol. The second-order valence-corrected chi connectivity index (χ2v) is 7.81. The molecule has 4 heterocycles. The quantitative estimate of drug-likeness (QED) is 0.440. The summed E-state index contributed by atoms with van der Waals surface area (Å²) >= 11 is 0. The van der Waals surface area contributed by atoms with Gasteiger partial charge in [-0.2, -0.15) is 5.26 Å². The normalized spacial score (nSPS) is 14.2. The number of nitrogens with one attached hydrogen (secondary N) is 2. The number of aromatic nitrogens is 2. The van der Waals surface area contributed by atoms with Gasteiger partial charge in [-0.15, -0.1) is 0 Å². The van der Waals surface area contributed by atoms with Gasteiger partial charge in [-0.1, -0.05) is 12.1 Å². The van der Waals surface area contributed by atoms with Crippen molar-refractivity contribution in [2.45, 2.75) is 0 Å². The lowest BCUT2D eigenvalue weighted by Gasteiger charge is -2.26. The molecule has 8 heteroatoms. The molecule has 0 aliphatic carbocycles. The summed E-state index contributed by atoms with van der Waals surface area (Å²) in [6.45, 7) is 5.17. The summed E-state index contributed by atoms with van der Waals surface area (Å²) in [6, 6.07) is 15.9. The Morgan fingerprint density at radius 3 is 2.79 bits per heavy atom. The van der Waals surface area contributed by atoms with Crippen LogP contribution >= 0.6 is 0 Å². The number of benzene rings is 1. The van der Waals surface area contributed by atoms with Gasteiger partial charge in [-0.05, 0) is 30.3 Å². The van der Waals surface area contributed by atoms with Crippen LogP contribution < -0.4 is 10.6 Å². The zero-order chi connectivity index (χ0) is 22.5. The number of hydrogen-bond acceptors (Lipinski definition) is 8. The smallest absolute Gasteiger partial charge is 0.133 e. The van der Waals surface area contributed by atoms with Crippen LogP contribution in [-0.4, -0.2) is 54.3 Å². The van der Waals surface area contributed by atoms with E-state index in [4.69, 9.17) is 9.15 Å². The Hall–Kier alpha value is -3.93. The number of nitriles is 1. The van der Waals surface area contributed by atoms with E-state index in [0.717, 1.165) is 73.1 Å². The van der Waals surface area contributed by atoms with Crippen molar-refractivity contribution in [2.24, 2.45) is 0 Å². The third-order valence-corrected chi connectivity index (χ3v) is 5.65. The van der Waals surface area contributed by atoms with Crippen LogP contribution in [0.25, 0.3) is 22.2 Å². The van der Waals surface area contributed by atoms with Crippen LogP contribution in [0.5, 0.6) is 0 Å². The van der Waals surface area contributed by atoms with Crippen LogP contribution in [0.15, 0.2) is 65.5 Å². The number of ether oxygens (including phenoxy) is 1. The minimum absolute atomic E-state index is 0.469. The monoisotopic (exact) mass is 440 g/mol. The van der Waals surface area contributed by atoms with Crippen molar-refractivity contribution in [3.63, 3.8) is 0 Å². The molecule has 33 heavy (non-hydrogen) atoms. The van der Waals surface area contributed by atoms with Gasteiger partial charge in [0.15, 0.2) is 0 Å². The van der Waals surface area contributed by atoms with Gasteiger partial charge in [0.25, 0.3) is 0 Å². The van der Waals surface area contributed by atoms with E-state index < -0.39 is 0 Å². The van der Waals surface area contributed by atoms with Crippen molar-refractivity contribution in [3.8, 4) is 17.4 Å². The molecule has 1 saturated heterocycles. The molecule has 1 aliphatic rings. The summed E-state index contributed by atoms with van der Waals surface area (Å²) in [4.78, 5) is 11.3. The van der Waals surface area contributed by atoms with Crippen LogP contribution in [0.4, 0.5) is 17.2 Å². The SMILES string of the molecule is N#Cc1cnc2cnc(NCCN3CCOCC3)cc2c1Nc1cccc(-c2ccco2)c1. The molecule has 2 N–H and O–H groups in total. The average Bonchev–Trinajstić information content (AvgIpc) is 3.40. The van der Waals surface area contributed by atoms with Crippen molar-refractivity contribution >= 4 is 28.1 Å². The molecule has 0 amide bonds. The Balaban J connectivity index is 1.40. The molecule has 3 aromatic heterocycles. The fraction of sp³-hybridized carbons (Fsp3) is 0.240. The molecule has 0 saturated carbocycles. The van der Waals surface area contributed by atoms with Crippen molar-refractivity contribution in [1.29, 1.82) is 5.26 Å². The number of morpholine rings is 1. The van der Waals surface area contributed by atoms with E-state index in [-0.39, 0.29) is 0 Å². The second kappa shape index (κ2) is 9.69. The van der Waals surface area contributed by atoms with E-state index in [1.807, 2.05) is 42.5 Å². The van der Waals surface area contributed by atoms with Crippen molar-refractivity contribution in [3.05, 3.63) is 66.7 Å². The van der Waals surface area contributed by atoms with Gasteiger partial charge in [0.2, 0.25) is 0 Å². The van der Waals surface area contributed by atoms with Gasteiger partial charge in [-0.25, -0.2) is 4.98 Å². The standard InChI is InChI=1S/C25H24N6O2/c26-15-19-16-28-22-17-29-24(27-6-7-31-8-11-32-12-9-31)14-21(22)25(19)30-20-4-1-3-18(13-20)23-5-2-10-33-23/h1-5,10,13-14,16-17H,6-9,11-12H2,(H,27,29)(H,28,30). The van der Waals surface area contributed by atoms with Crippen LogP contribution in [0.2, 0.25) is 0 Å². The van der Waals surface area contributed by atoms with Gasteiger partial charge in [0, 0.05) is 49.0 Å². The molecule has 0 bridgehead atoms. The lowest BCUT2D eigenvalue weighted by Crippen LogP contribution is -2.39. The predicted molar refractivity (Wildman–Crippen MR) is 127 cm³/mol. The Morgan fingerprint density at radius 1 is 1.06 bits per heavy atom. The highest BCUT2D eigenvalue weighted by Crippen LogP contribution is 2.31. The van der Waals surface area contributed by atoms with Crippen LogP contribution in [0.3, 0.4) is 0 Å². The fourth-order valence-electron chi connectivity index (χ4n) is 3.92. The largest absolute Gasteiger partial charge is 0.464 e. The number of furan rings is 1. The Kier molecular flexibility index (Phi) is 6.15. The lowest BCUT2D eigenvalue weighted by molar-refractivity contribution is 0.0398. The highest BCUT2D eigenvalue weighted by Gasteiger charge is 2.13. The number of anilines is 3. The molecule has 0 unspecified atom stereocenters. The molecule has 5 rings (SSSR count). The van der Waals surface area contributed by atoms with E-state index in [9.17, 15) is 5.26 Å². The Labute approximate surface area is 191 Å². The molecule has 1 aliphatic heterocycles. The van der Waals surface area contributed by atoms with E-state index in [0.29, 0.717) is 11.3 Å². The molecule has 0 atom stereocenters. The maximum absolute atomic E-state index is 9.72. The molecule has 166 valence electrons. The first-order valence-corrected chi connectivity index (χ1v) is 10.9. The Morgan fingerprint density at radius 2 is 1.97 bits per heavy atom. The molecule has 1 fully saturated rings. The van der Waals surface area contributed by atoms with Crippen molar-refractivity contribution in [1.82, 2.24) is 14.9 Å². The molecular formula is C25H24N6O2. The predicted octanol–water partition coefficient (Wildman–Crippen LogP) is 4.25. The van der Waals surface area contributed by atoms with Crippen LogP contribution in [0, 0.1) is 11.3 Å². The summed E-state index contributed by atoms with van der Waals surface area (Å²) in [7, 11) is 0. The molecule has 0 spiro atoms. The number of rotatable bonds is 7. The van der Waals surface area contributed by atoms with Gasteiger partial charge < -0.3 is 19.8 Å². The van der Waals surface area contributed by atoms with Crippen LogP contribution in [-0.2, 0) is 4.74 Å². The van der Waals surface area contributed by atoms with Gasteiger partial charge >= 0.3 is 0 Å². The van der Waals surface area contributed by atoms with Gasteiger partial charge in [-0.3, -0.25) is 9.88 Å². The number of hydrogen-bond donors (Lipinski definition) is 2. The van der Waals surface area contributed by atoms with Gasteiger partial charge in [0.1, 0.15) is 17.6 Å². The number of pyridine rings is 2. The third kappa shape index (κ3) is 4.80. The molecular weight excluding hydrogens is 416 g/mol. The first kappa shape index (κ1) is 20.9. The van der Waals surface area contributed by atoms with E-state index in [1.54, 1.807) is 18.7 Å². The van der Waals surface area contributed by atoms with Crippen LogP contribution in [0.1, 0.15) is 5.56 Å². The van der Waals surface area contributed by atoms with E-state index in [2.05, 4.69) is 31.6 Å². The van der Waals surface area contributed by atoms with Gasteiger partial charge in [0.05, 0.1) is 42.4 Å². The molecule has 4 aromatic rings. The summed E-state index contributed by atoms with van der Waals surface area (Å²) in [6.07, 6.45) is 4.96. The highest BCUT2D eigenvalue weighted by molar-refractivity contribution is 5.96. The first-order valence-electron chi connectivity index (χ1n) is 10.9. The Bertz CT molecular complexity index is 1280. The summed E-state index contributed by atoms with van der Waals surface area (Å²) in [5, 5.41) is 17.4. The molecule has 0 radical (unpaired) electrons. The molecule has 8 nitrogen and oxygen atoms in total. The lowest BCUT2D eigenvalue weighted by atomic mass is 10.1. The number of fused-ring (bicyclic) bond motifs is 1. The zero-order valence-corrected chi connectivity index (χ0v) is 18.1. The minimum atomic E-state index is 0.469. The highest BCUT2D eigenvalue weighted by atomic mass is 16.5. The molecule has 1 aromatic carbocycles.